The first-order chi connectivity index (χ1) is 7.00. The van der Waals surface area contributed by atoms with Gasteiger partial charge in [0.25, 0.3) is 0 Å². The number of carbonyl (C=O) groups is 1. The molecule has 88 valence electrons. The lowest BCUT2D eigenvalue weighted by Crippen LogP contribution is -2.49. The minimum absolute atomic E-state index is 0.0296. The highest BCUT2D eigenvalue weighted by Gasteiger charge is 2.22. The molecule has 3 N–H and O–H groups in total. The predicted octanol–water partition coefficient (Wildman–Crippen LogP) is 0.323. The standard InChI is InChI=1S/C11H23N3O/c1-8(2)14-6-4-10(5-7-14)13-11(15)9(3)12/h8-10H,4-7,12H2,1-3H3,(H,13,15). The number of hydrogen-bond acceptors (Lipinski definition) is 3. The topological polar surface area (TPSA) is 58.4 Å². The summed E-state index contributed by atoms with van der Waals surface area (Å²) in [4.78, 5) is 13.8. The molecule has 0 saturated carbocycles. The van der Waals surface area contributed by atoms with Crippen molar-refractivity contribution in [3.05, 3.63) is 0 Å². The number of nitrogens with two attached hydrogens (primary N) is 1. The summed E-state index contributed by atoms with van der Waals surface area (Å²) < 4.78 is 0. The van der Waals surface area contributed by atoms with Crippen LogP contribution in [0.4, 0.5) is 0 Å². The fourth-order valence-corrected chi connectivity index (χ4v) is 1.89. The summed E-state index contributed by atoms with van der Waals surface area (Å²) in [7, 11) is 0. The molecule has 0 aromatic heterocycles. The van der Waals surface area contributed by atoms with Crippen molar-refractivity contribution in [2.24, 2.45) is 5.73 Å². The van der Waals surface area contributed by atoms with E-state index >= 15 is 0 Å². The van der Waals surface area contributed by atoms with Crippen LogP contribution in [0, 0.1) is 0 Å². The van der Waals surface area contributed by atoms with Gasteiger partial charge in [-0.3, -0.25) is 4.79 Å². The molecule has 1 aliphatic heterocycles. The van der Waals surface area contributed by atoms with Gasteiger partial charge < -0.3 is 16.0 Å². The van der Waals surface area contributed by atoms with Crippen LogP contribution < -0.4 is 11.1 Å². The van der Waals surface area contributed by atoms with Crippen LogP contribution in [0.1, 0.15) is 33.6 Å². The molecule has 1 saturated heterocycles. The van der Waals surface area contributed by atoms with Gasteiger partial charge in [-0.15, -0.1) is 0 Å². The molecule has 1 fully saturated rings. The number of rotatable bonds is 3. The van der Waals surface area contributed by atoms with E-state index in [4.69, 9.17) is 5.73 Å². The first kappa shape index (κ1) is 12.5. The third kappa shape index (κ3) is 3.80. The van der Waals surface area contributed by atoms with Crippen molar-refractivity contribution in [2.75, 3.05) is 13.1 Å². The van der Waals surface area contributed by atoms with E-state index in [-0.39, 0.29) is 5.91 Å². The van der Waals surface area contributed by atoms with Crippen LogP contribution in [0.15, 0.2) is 0 Å². The highest BCUT2D eigenvalue weighted by atomic mass is 16.2. The second-order valence-electron chi connectivity index (χ2n) is 4.70. The smallest absolute Gasteiger partial charge is 0.236 e. The monoisotopic (exact) mass is 213 g/mol. The van der Waals surface area contributed by atoms with Gasteiger partial charge in [-0.05, 0) is 33.6 Å². The third-order valence-electron chi connectivity index (χ3n) is 3.02. The summed E-state index contributed by atoms with van der Waals surface area (Å²) in [5, 5.41) is 2.99. The Bertz CT molecular complexity index is 208. The summed E-state index contributed by atoms with van der Waals surface area (Å²) in [5.41, 5.74) is 5.51. The van der Waals surface area contributed by atoms with Crippen LogP contribution in [0.25, 0.3) is 0 Å². The Morgan fingerprint density at radius 2 is 1.87 bits per heavy atom. The van der Waals surface area contributed by atoms with E-state index in [1.54, 1.807) is 6.92 Å². The van der Waals surface area contributed by atoms with Gasteiger partial charge in [-0.2, -0.15) is 0 Å². The maximum absolute atomic E-state index is 11.4. The molecule has 4 heteroatoms. The molecule has 0 radical (unpaired) electrons. The quantitative estimate of drug-likeness (QED) is 0.710. The van der Waals surface area contributed by atoms with Crippen molar-refractivity contribution >= 4 is 5.91 Å². The van der Waals surface area contributed by atoms with E-state index in [9.17, 15) is 4.79 Å². The lowest BCUT2D eigenvalue weighted by atomic mass is 10.0. The third-order valence-corrected chi connectivity index (χ3v) is 3.02. The van der Waals surface area contributed by atoms with Gasteiger partial charge in [0.05, 0.1) is 6.04 Å². The molecule has 4 nitrogen and oxygen atoms in total. The average Bonchev–Trinajstić information content (AvgIpc) is 2.18. The zero-order valence-electron chi connectivity index (χ0n) is 9.99. The molecule has 0 aromatic carbocycles. The first-order valence-corrected chi connectivity index (χ1v) is 5.80. The normalized spacial score (nSPS) is 21.7. The minimum Gasteiger partial charge on any atom is -0.352 e. The summed E-state index contributed by atoms with van der Waals surface area (Å²) in [6, 6.07) is 0.529. The fourth-order valence-electron chi connectivity index (χ4n) is 1.89. The maximum Gasteiger partial charge on any atom is 0.236 e. The molecule has 1 heterocycles. The SMILES string of the molecule is CC(N)C(=O)NC1CCN(C(C)C)CC1. The lowest BCUT2D eigenvalue weighted by molar-refractivity contribution is -0.123. The second kappa shape index (κ2) is 5.47. The van der Waals surface area contributed by atoms with Gasteiger partial charge in [0.2, 0.25) is 5.91 Å². The van der Waals surface area contributed by atoms with E-state index in [1.807, 2.05) is 0 Å². The Morgan fingerprint density at radius 3 is 2.27 bits per heavy atom. The van der Waals surface area contributed by atoms with Crippen LogP contribution in [0.2, 0.25) is 0 Å². The van der Waals surface area contributed by atoms with Crippen molar-refractivity contribution in [3.63, 3.8) is 0 Å². The summed E-state index contributed by atoms with van der Waals surface area (Å²) in [6.07, 6.45) is 2.08. The van der Waals surface area contributed by atoms with Gasteiger partial charge in [0, 0.05) is 25.2 Å². The molecule has 0 aliphatic carbocycles. The largest absolute Gasteiger partial charge is 0.352 e. The highest BCUT2D eigenvalue weighted by molar-refractivity contribution is 5.81. The van der Waals surface area contributed by atoms with E-state index < -0.39 is 6.04 Å². The van der Waals surface area contributed by atoms with E-state index in [2.05, 4.69) is 24.1 Å². The van der Waals surface area contributed by atoms with Gasteiger partial charge in [-0.25, -0.2) is 0 Å². The molecule has 0 bridgehead atoms. The second-order valence-corrected chi connectivity index (χ2v) is 4.70. The average molecular weight is 213 g/mol. The molecule has 15 heavy (non-hydrogen) atoms. The maximum atomic E-state index is 11.4. The number of amides is 1. The first-order valence-electron chi connectivity index (χ1n) is 5.80. The van der Waals surface area contributed by atoms with Crippen LogP contribution in [-0.4, -0.2) is 42.0 Å². The van der Waals surface area contributed by atoms with Crippen LogP contribution in [0.5, 0.6) is 0 Å². The van der Waals surface area contributed by atoms with Gasteiger partial charge >= 0.3 is 0 Å². The summed E-state index contributed by atoms with van der Waals surface area (Å²) in [5.74, 6) is -0.0296. The Labute approximate surface area is 92.2 Å². The molecule has 1 rings (SSSR count). The van der Waals surface area contributed by atoms with Crippen molar-refractivity contribution in [2.45, 2.75) is 51.7 Å². The number of nitrogens with zero attached hydrogens (tertiary/aromatic N) is 1. The highest BCUT2D eigenvalue weighted by Crippen LogP contribution is 2.12. The van der Waals surface area contributed by atoms with Crippen molar-refractivity contribution in [3.8, 4) is 0 Å². The summed E-state index contributed by atoms with van der Waals surface area (Å²) >= 11 is 0. The van der Waals surface area contributed by atoms with Gasteiger partial charge in [-0.1, -0.05) is 0 Å². The molecule has 0 aromatic rings. The fraction of sp³-hybridized carbons (Fsp3) is 0.909. The van der Waals surface area contributed by atoms with Gasteiger partial charge in [0.1, 0.15) is 0 Å². The number of nitrogens with one attached hydrogen (secondary N) is 1. The Morgan fingerprint density at radius 1 is 1.33 bits per heavy atom. The molecule has 1 unspecified atom stereocenters. The van der Waals surface area contributed by atoms with Crippen molar-refractivity contribution in [1.29, 1.82) is 0 Å². The van der Waals surface area contributed by atoms with Crippen LogP contribution >= 0.6 is 0 Å². The minimum atomic E-state index is -0.395. The van der Waals surface area contributed by atoms with E-state index in [1.165, 1.54) is 0 Å². The summed E-state index contributed by atoms with van der Waals surface area (Å²) in [6.45, 7) is 8.28. The zero-order valence-corrected chi connectivity index (χ0v) is 9.99. The lowest BCUT2D eigenvalue weighted by Gasteiger charge is -2.35. The predicted molar refractivity (Wildman–Crippen MR) is 61.5 cm³/mol. The number of likely N-dealkylation sites (tertiary alicyclic amines) is 1. The number of carbonyl (C=O) groups excluding carboxylic acids is 1. The zero-order chi connectivity index (χ0) is 11.4. The van der Waals surface area contributed by atoms with Crippen LogP contribution in [-0.2, 0) is 4.79 Å². The van der Waals surface area contributed by atoms with Gasteiger partial charge in [0.15, 0.2) is 0 Å². The Kier molecular flexibility index (Phi) is 4.54. The molecular formula is C11H23N3O. The molecule has 1 aliphatic rings. The van der Waals surface area contributed by atoms with E-state index in [0.717, 1.165) is 25.9 Å². The number of piperidine rings is 1. The Balaban J connectivity index is 2.29. The van der Waals surface area contributed by atoms with Crippen molar-refractivity contribution in [1.82, 2.24) is 10.2 Å². The Hall–Kier alpha value is -0.610. The molecule has 1 atom stereocenters. The van der Waals surface area contributed by atoms with Crippen LogP contribution in [0.3, 0.4) is 0 Å². The van der Waals surface area contributed by atoms with Crippen molar-refractivity contribution < 1.29 is 4.79 Å². The molecular weight excluding hydrogens is 190 g/mol. The molecule has 1 amide bonds. The van der Waals surface area contributed by atoms with E-state index in [0.29, 0.717) is 12.1 Å². The number of hydrogen-bond donors (Lipinski definition) is 2. The molecule has 0 spiro atoms.